The number of thioether (sulfide) groups is 1. The van der Waals surface area contributed by atoms with Gasteiger partial charge >= 0.3 is 11.5 Å². The predicted molar refractivity (Wildman–Crippen MR) is 131 cm³/mol. The molecule has 9 heteroatoms. The summed E-state index contributed by atoms with van der Waals surface area (Å²) in [5.41, 5.74) is -1.47. The molecular weight excluding hydrogens is 463 g/mol. The number of anilines is 2. The molecule has 182 valence electrons. The zero-order valence-electron chi connectivity index (χ0n) is 19.1. The lowest BCUT2D eigenvalue weighted by Gasteiger charge is -2.15. The average molecular weight is 492 g/mol. The van der Waals surface area contributed by atoms with Crippen molar-refractivity contribution in [2.75, 3.05) is 12.4 Å². The van der Waals surface area contributed by atoms with Crippen LogP contribution in [0.2, 0.25) is 0 Å². The van der Waals surface area contributed by atoms with Crippen LogP contribution in [0.3, 0.4) is 0 Å². The molecule has 1 aliphatic carbocycles. The molecule has 5 nitrogen and oxygen atoms in total. The molecule has 0 amide bonds. The van der Waals surface area contributed by atoms with E-state index in [-0.39, 0.29) is 16.7 Å². The van der Waals surface area contributed by atoms with Gasteiger partial charge in [-0.25, -0.2) is 9.78 Å². The van der Waals surface area contributed by atoms with Gasteiger partial charge in [0.1, 0.15) is 0 Å². The monoisotopic (exact) mass is 491 g/mol. The number of carbonyl (C=O) groups excluding carboxylic acids is 1. The summed E-state index contributed by atoms with van der Waals surface area (Å²) < 4.78 is 41.6. The molecule has 2 N–H and O–H groups in total. The number of hydrogen-bond donors (Lipinski definition) is 2. The van der Waals surface area contributed by atoms with E-state index in [0.29, 0.717) is 17.2 Å². The highest BCUT2D eigenvalue weighted by molar-refractivity contribution is 8.00. The molecule has 34 heavy (non-hydrogen) atoms. The standard InChI is InChI=1S/C18H14F3N3O2S.C7H14/c1-26-16(25)9-3-11-2-8-14-15(10-11)24-17(23-14)22-12-4-6-13(7-5-12)27-18(19,20)21;1-7-5-3-2-4-6-7/h2-10H,1H3,(H2,22,23,24);7H,2-6H2,1H3/b9-3+;. The molecule has 1 saturated carbocycles. The van der Waals surface area contributed by atoms with Gasteiger partial charge in [0.2, 0.25) is 5.95 Å². The van der Waals surface area contributed by atoms with Gasteiger partial charge in [-0.2, -0.15) is 13.2 Å². The van der Waals surface area contributed by atoms with E-state index in [1.54, 1.807) is 30.3 Å². The Balaban J connectivity index is 0.000000396. The van der Waals surface area contributed by atoms with Gasteiger partial charge in [0, 0.05) is 16.7 Å². The van der Waals surface area contributed by atoms with Gasteiger partial charge in [-0.15, -0.1) is 0 Å². The lowest BCUT2D eigenvalue weighted by Crippen LogP contribution is -1.99. The first-order chi connectivity index (χ1) is 16.2. The Bertz CT molecular complexity index is 1100. The number of methoxy groups -OCH3 is 1. The average Bonchev–Trinajstić information content (AvgIpc) is 3.20. The maximum Gasteiger partial charge on any atom is 0.446 e. The van der Waals surface area contributed by atoms with Crippen LogP contribution in [-0.2, 0) is 9.53 Å². The first kappa shape index (κ1) is 25.7. The molecule has 1 fully saturated rings. The Morgan fingerprint density at radius 3 is 2.44 bits per heavy atom. The van der Waals surface area contributed by atoms with E-state index >= 15 is 0 Å². The highest BCUT2D eigenvalue weighted by atomic mass is 32.2. The van der Waals surface area contributed by atoms with E-state index in [2.05, 4.69) is 26.9 Å². The fraction of sp³-hybridized carbons (Fsp3) is 0.360. The highest BCUT2D eigenvalue weighted by Crippen LogP contribution is 2.37. The second-order valence-electron chi connectivity index (χ2n) is 8.16. The van der Waals surface area contributed by atoms with Crippen LogP contribution < -0.4 is 5.32 Å². The minimum Gasteiger partial charge on any atom is -0.466 e. The molecule has 0 aliphatic heterocycles. The molecule has 0 radical (unpaired) electrons. The Labute approximate surface area is 201 Å². The summed E-state index contributed by atoms with van der Waals surface area (Å²) >= 11 is -0.161. The molecule has 3 aromatic rings. The Morgan fingerprint density at radius 1 is 1.15 bits per heavy atom. The van der Waals surface area contributed by atoms with Crippen molar-refractivity contribution >= 4 is 46.5 Å². The summed E-state index contributed by atoms with van der Waals surface area (Å²) in [6, 6.07) is 11.3. The maximum atomic E-state index is 12.4. The van der Waals surface area contributed by atoms with Gasteiger partial charge in [0.15, 0.2) is 0 Å². The Kier molecular flexibility index (Phi) is 9.04. The number of fused-ring (bicyclic) bond motifs is 1. The molecule has 1 aromatic heterocycles. The van der Waals surface area contributed by atoms with Crippen LogP contribution in [-0.4, -0.2) is 28.6 Å². The Morgan fingerprint density at radius 2 is 1.85 bits per heavy atom. The van der Waals surface area contributed by atoms with Crippen LogP contribution >= 0.6 is 11.8 Å². The number of hydrogen-bond acceptors (Lipinski definition) is 5. The summed E-state index contributed by atoms with van der Waals surface area (Å²) in [7, 11) is 1.30. The minimum absolute atomic E-state index is 0.111. The van der Waals surface area contributed by atoms with E-state index in [9.17, 15) is 18.0 Å². The second-order valence-corrected chi connectivity index (χ2v) is 9.30. The van der Waals surface area contributed by atoms with Crippen molar-refractivity contribution in [1.29, 1.82) is 0 Å². The van der Waals surface area contributed by atoms with E-state index in [1.165, 1.54) is 57.4 Å². The lowest BCUT2D eigenvalue weighted by molar-refractivity contribution is -0.134. The molecule has 0 saturated heterocycles. The third kappa shape index (κ3) is 8.44. The van der Waals surface area contributed by atoms with Crippen molar-refractivity contribution in [1.82, 2.24) is 9.97 Å². The molecule has 1 heterocycles. The minimum atomic E-state index is -4.31. The van der Waals surface area contributed by atoms with Crippen molar-refractivity contribution in [2.24, 2.45) is 5.92 Å². The highest BCUT2D eigenvalue weighted by Gasteiger charge is 2.29. The van der Waals surface area contributed by atoms with Crippen molar-refractivity contribution in [3.63, 3.8) is 0 Å². The number of carbonyl (C=O) groups is 1. The quantitative estimate of drug-likeness (QED) is 0.218. The van der Waals surface area contributed by atoms with Crippen LogP contribution in [0.5, 0.6) is 0 Å². The van der Waals surface area contributed by atoms with Crippen LogP contribution in [0.1, 0.15) is 44.6 Å². The number of nitrogens with zero attached hydrogens (tertiary/aromatic N) is 1. The van der Waals surface area contributed by atoms with E-state index in [1.807, 2.05) is 6.07 Å². The molecule has 0 atom stereocenters. The summed E-state index contributed by atoms with van der Waals surface area (Å²) in [4.78, 5) is 18.7. The van der Waals surface area contributed by atoms with Crippen LogP contribution in [0.25, 0.3) is 17.1 Å². The normalized spacial score (nSPS) is 14.6. The maximum absolute atomic E-state index is 12.4. The van der Waals surface area contributed by atoms with E-state index < -0.39 is 11.5 Å². The van der Waals surface area contributed by atoms with Crippen molar-refractivity contribution < 1.29 is 22.7 Å². The SMILES string of the molecule is CC1CCCCC1.COC(=O)/C=C/c1ccc2nc(Nc3ccc(SC(F)(F)F)cc3)[nH]c2c1. The molecule has 0 unspecified atom stereocenters. The van der Waals surface area contributed by atoms with Crippen molar-refractivity contribution in [3.05, 3.63) is 54.1 Å². The fourth-order valence-corrected chi connectivity index (χ4v) is 4.15. The van der Waals surface area contributed by atoms with E-state index in [0.717, 1.165) is 17.0 Å². The van der Waals surface area contributed by atoms with E-state index in [4.69, 9.17) is 0 Å². The number of benzene rings is 2. The number of nitrogens with one attached hydrogen (secondary N) is 2. The summed E-state index contributed by atoms with van der Waals surface area (Å²) in [6.45, 7) is 2.36. The summed E-state index contributed by atoms with van der Waals surface area (Å²) in [6.07, 6.45) is 10.4. The second kappa shape index (κ2) is 12.0. The third-order valence-corrected chi connectivity index (χ3v) is 6.10. The zero-order valence-corrected chi connectivity index (χ0v) is 19.9. The van der Waals surface area contributed by atoms with Gasteiger partial charge in [0.05, 0.1) is 18.1 Å². The number of aromatic amines is 1. The Hall–Kier alpha value is -2.94. The lowest BCUT2D eigenvalue weighted by atomic mass is 9.91. The number of imidazole rings is 1. The first-order valence-corrected chi connectivity index (χ1v) is 11.9. The predicted octanol–water partition coefficient (Wildman–Crippen LogP) is 7.69. The molecule has 0 bridgehead atoms. The number of rotatable bonds is 5. The number of alkyl halides is 3. The molecule has 1 aliphatic rings. The van der Waals surface area contributed by atoms with Crippen molar-refractivity contribution in [2.45, 2.75) is 49.4 Å². The van der Waals surface area contributed by atoms with Gasteiger partial charge in [-0.05, 0) is 65.7 Å². The fourth-order valence-electron chi connectivity index (χ4n) is 3.61. The topological polar surface area (TPSA) is 67.0 Å². The number of H-pyrrole nitrogens is 1. The summed E-state index contributed by atoms with van der Waals surface area (Å²) in [5, 5.41) is 3.01. The number of ether oxygens (including phenoxy) is 1. The number of aromatic nitrogens is 2. The molecular formula is C25H28F3N3O2S. The number of esters is 1. The molecule has 2 aromatic carbocycles. The molecule has 0 spiro atoms. The largest absolute Gasteiger partial charge is 0.466 e. The number of halogens is 3. The van der Waals surface area contributed by atoms with Crippen molar-refractivity contribution in [3.8, 4) is 0 Å². The van der Waals surface area contributed by atoms with Crippen LogP contribution in [0, 0.1) is 5.92 Å². The first-order valence-electron chi connectivity index (χ1n) is 11.1. The van der Waals surface area contributed by atoms with Crippen LogP contribution in [0.15, 0.2) is 53.4 Å². The summed E-state index contributed by atoms with van der Waals surface area (Å²) in [5.74, 6) is 1.04. The van der Waals surface area contributed by atoms with Gasteiger partial charge < -0.3 is 15.0 Å². The zero-order chi connectivity index (χ0) is 24.6. The van der Waals surface area contributed by atoms with Crippen LogP contribution in [0.4, 0.5) is 24.8 Å². The van der Waals surface area contributed by atoms with Gasteiger partial charge in [-0.3, -0.25) is 0 Å². The third-order valence-electron chi connectivity index (χ3n) is 5.36. The van der Waals surface area contributed by atoms with Gasteiger partial charge in [-0.1, -0.05) is 45.1 Å². The van der Waals surface area contributed by atoms with Gasteiger partial charge in [0.25, 0.3) is 0 Å². The smallest absolute Gasteiger partial charge is 0.446 e. The molecule has 4 rings (SSSR count).